The van der Waals surface area contributed by atoms with Crippen LogP contribution in [0.4, 0.5) is 0 Å². The van der Waals surface area contributed by atoms with Crippen molar-refractivity contribution < 1.29 is 4.74 Å². The van der Waals surface area contributed by atoms with Gasteiger partial charge in [0.2, 0.25) is 0 Å². The molecule has 106 valence electrons. The van der Waals surface area contributed by atoms with Gasteiger partial charge in [-0.25, -0.2) is 0 Å². The van der Waals surface area contributed by atoms with Gasteiger partial charge in [0.1, 0.15) is 0 Å². The second-order valence-electron chi connectivity index (χ2n) is 6.12. The summed E-state index contributed by atoms with van der Waals surface area (Å²) in [7, 11) is 0. The minimum Gasteiger partial charge on any atom is -0.378 e. The van der Waals surface area contributed by atoms with Crippen molar-refractivity contribution in [3.05, 3.63) is 35.4 Å². The van der Waals surface area contributed by atoms with E-state index in [1.165, 1.54) is 11.1 Å². The zero-order valence-corrected chi connectivity index (χ0v) is 12.6. The first-order valence-corrected chi connectivity index (χ1v) is 7.51. The normalized spacial score (nSPS) is 25.5. The molecular weight excluding hydrogens is 234 g/mol. The van der Waals surface area contributed by atoms with E-state index in [1.807, 2.05) is 0 Å². The lowest BCUT2D eigenvalue weighted by Crippen LogP contribution is -2.41. The molecule has 1 aliphatic heterocycles. The van der Waals surface area contributed by atoms with E-state index in [1.54, 1.807) is 0 Å². The summed E-state index contributed by atoms with van der Waals surface area (Å²) in [6.07, 6.45) is 2.67. The number of rotatable bonds is 4. The molecule has 1 aliphatic rings. The van der Waals surface area contributed by atoms with Crippen molar-refractivity contribution in [3.63, 3.8) is 0 Å². The number of ether oxygens (including phenoxy) is 1. The predicted octanol–water partition coefficient (Wildman–Crippen LogP) is 3.85. The lowest BCUT2D eigenvalue weighted by Gasteiger charge is -2.34. The molecule has 0 aliphatic carbocycles. The molecule has 0 saturated carbocycles. The van der Waals surface area contributed by atoms with Crippen molar-refractivity contribution in [1.82, 2.24) is 5.32 Å². The Labute approximate surface area is 117 Å². The average molecular weight is 261 g/mol. The maximum atomic E-state index is 5.84. The lowest BCUT2D eigenvalue weighted by atomic mass is 9.94. The zero-order valence-electron chi connectivity index (χ0n) is 12.6. The molecule has 1 saturated heterocycles. The summed E-state index contributed by atoms with van der Waals surface area (Å²) in [6.45, 7) is 9.84. The predicted molar refractivity (Wildman–Crippen MR) is 80.3 cm³/mol. The Morgan fingerprint density at radius 3 is 2.63 bits per heavy atom. The molecule has 2 rings (SSSR count). The topological polar surface area (TPSA) is 21.3 Å². The van der Waals surface area contributed by atoms with Crippen molar-refractivity contribution in [1.29, 1.82) is 0 Å². The third-order valence-corrected chi connectivity index (χ3v) is 4.20. The van der Waals surface area contributed by atoms with Crippen LogP contribution in [0.3, 0.4) is 0 Å². The van der Waals surface area contributed by atoms with Gasteiger partial charge in [0.15, 0.2) is 0 Å². The summed E-state index contributed by atoms with van der Waals surface area (Å²) in [4.78, 5) is 0. The molecular formula is C17H27NO. The smallest absolute Gasteiger partial charge is 0.0612 e. The third kappa shape index (κ3) is 3.80. The lowest BCUT2D eigenvalue weighted by molar-refractivity contribution is -0.0257. The highest BCUT2D eigenvalue weighted by molar-refractivity contribution is 5.28. The molecule has 0 bridgehead atoms. The van der Waals surface area contributed by atoms with Crippen LogP contribution >= 0.6 is 0 Å². The Balaban J connectivity index is 1.95. The molecule has 1 heterocycles. The van der Waals surface area contributed by atoms with Crippen LogP contribution in [-0.4, -0.2) is 18.8 Å². The number of aryl methyl sites for hydroxylation is 1. The summed E-state index contributed by atoms with van der Waals surface area (Å²) in [5, 5.41) is 3.78. The Kier molecular flexibility index (Phi) is 5.00. The zero-order chi connectivity index (χ0) is 13.8. The highest BCUT2D eigenvalue weighted by Gasteiger charge is 2.25. The van der Waals surface area contributed by atoms with E-state index in [2.05, 4.69) is 57.3 Å². The quantitative estimate of drug-likeness (QED) is 0.889. The first-order chi connectivity index (χ1) is 9.08. The van der Waals surface area contributed by atoms with Gasteiger partial charge in [-0.1, -0.05) is 38.1 Å². The van der Waals surface area contributed by atoms with Gasteiger partial charge in [-0.05, 0) is 43.7 Å². The summed E-state index contributed by atoms with van der Waals surface area (Å²) in [5.74, 6) is 0.610. The van der Waals surface area contributed by atoms with E-state index >= 15 is 0 Å². The molecule has 2 nitrogen and oxygen atoms in total. The Bertz CT molecular complexity index is 402. The van der Waals surface area contributed by atoms with E-state index in [0.29, 0.717) is 24.1 Å². The molecule has 0 spiro atoms. The first kappa shape index (κ1) is 14.5. The van der Waals surface area contributed by atoms with Gasteiger partial charge in [-0.3, -0.25) is 0 Å². The Morgan fingerprint density at radius 1 is 1.21 bits per heavy atom. The van der Waals surface area contributed by atoms with E-state index < -0.39 is 0 Å². The van der Waals surface area contributed by atoms with Gasteiger partial charge in [-0.2, -0.15) is 0 Å². The van der Waals surface area contributed by atoms with Crippen LogP contribution in [0.25, 0.3) is 0 Å². The Hall–Kier alpha value is -0.860. The van der Waals surface area contributed by atoms with E-state index in [-0.39, 0.29) is 0 Å². The van der Waals surface area contributed by atoms with E-state index in [9.17, 15) is 0 Å². The molecule has 1 fully saturated rings. The van der Waals surface area contributed by atoms with Crippen molar-refractivity contribution in [2.45, 2.75) is 58.7 Å². The maximum Gasteiger partial charge on any atom is 0.0612 e. The molecule has 1 N–H and O–H groups in total. The van der Waals surface area contributed by atoms with Gasteiger partial charge in [-0.15, -0.1) is 0 Å². The van der Waals surface area contributed by atoms with Gasteiger partial charge < -0.3 is 10.1 Å². The van der Waals surface area contributed by atoms with Crippen molar-refractivity contribution >= 4 is 0 Å². The highest BCUT2D eigenvalue weighted by Crippen LogP contribution is 2.24. The van der Waals surface area contributed by atoms with Crippen LogP contribution in [0.1, 0.15) is 50.8 Å². The molecule has 2 heteroatoms. The summed E-state index contributed by atoms with van der Waals surface area (Å²) in [6, 6.07) is 9.64. The second-order valence-corrected chi connectivity index (χ2v) is 6.12. The highest BCUT2D eigenvalue weighted by atomic mass is 16.5. The van der Waals surface area contributed by atoms with Crippen molar-refractivity contribution in [3.8, 4) is 0 Å². The number of benzene rings is 1. The minimum atomic E-state index is 0.412. The fraction of sp³-hybridized carbons (Fsp3) is 0.647. The molecule has 0 amide bonds. The standard InChI is InChI=1S/C17H27NO/c1-12(2)17-11-15(9-10-19-17)18-14(4)16-8-6-5-7-13(16)3/h5-8,12,14-15,17-18H,9-11H2,1-4H3/t14-,15?,17?/m1/s1. The molecule has 3 atom stereocenters. The van der Waals surface area contributed by atoms with E-state index in [0.717, 1.165) is 19.4 Å². The second kappa shape index (κ2) is 6.53. The number of nitrogens with one attached hydrogen (secondary N) is 1. The molecule has 2 unspecified atom stereocenters. The molecule has 1 aromatic carbocycles. The number of hydrogen-bond donors (Lipinski definition) is 1. The maximum absolute atomic E-state index is 5.84. The van der Waals surface area contributed by atoms with Gasteiger partial charge in [0.05, 0.1) is 6.10 Å². The summed E-state index contributed by atoms with van der Waals surface area (Å²) < 4.78 is 5.84. The van der Waals surface area contributed by atoms with Gasteiger partial charge in [0, 0.05) is 18.7 Å². The van der Waals surface area contributed by atoms with Crippen LogP contribution in [-0.2, 0) is 4.74 Å². The monoisotopic (exact) mass is 261 g/mol. The fourth-order valence-corrected chi connectivity index (χ4v) is 2.96. The van der Waals surface area contributed by atoms with Crippen LogP contribution < -0.4 is 5.32 Å². The van der Waals surface area contributed by atoms with Gasteiger partial charge >= 0.3 is 0 Å². The van der Waals surface area contributed by atoms with Crippen molar-refractivity contribution in [2.24, 2.45) is 5.92 Å². The largest absolute Gasteiger partial charge is 0.378 e. The molecule has 1 aromatic rings. The SMILES string of the molecule is Cc1ccccc1[C@@H](C)NC1CCOC(C(C)C)C1. The summed E-state index contributed by atoms with van der Waals surface area (Å²) >= 11 is 0. The van der Waals surface area contributed by atoms with E-state index in [4.69, 9.17) is 4.74 Å². The van der Waals surface area contributed by atoms with Crippen LogP contribution in [0, 0.1) is 12.8 Å². The molecule has 19 heavy (non-hydrogen) atoms. The third-order valence-electron chi connectivity index (χ3n) is 4.20. The molecule has 0 radical (unpaired) electrons. The van der Waals surface area contributed by atoms with Crippen molar-refractivity contribution in [2.75, 3.05) is 6.61 Å². The summed E-state index contributed by atoms with van der Waals surface area (Å²) in [5.41, 5.74) is 2.78. The average Bonchev–Trinajstić information content (AvgIpc) is 2.39. The van der Waals surface area contributed by atoms with Crippen LogP contribution in [0.5, 0.6) is 0 Å². The first-order valence-electron chi connectivity index (χ1n) is 7.51. The van der Waals surface area contributed by atoms with Crippen LogP contribution in [0.15, 0.2) is 24.3 Å². The molecule has 0 aromatic heterocycles. The van der Waals surface area contributed by atoms with Gasteiger partial charge in [0.25, 0.3) is 0 Å². The minimum absolute atomic E-state index is 0.412. The number of hydrogen-bond acceptors (Lipinski definition) is 2. The van der Waals surface area contributed by atoms with Crippen LogP contribution in [0.2, 0.25) is 0 Å². The fourth-order valence-electron chi connectivity index (χ4n) is 2.96. The Morgan fingerprint density at radius 2 is 1.95 bits per heavy atom.